The van der Waals surface area contributed by atoms with E-state index >= 15 is 0 Å². The van der Waals surface area contributed by atoms with Crippen molar-refractivity contribution in [3.63, 3.8) is 0 Å². The Bertz CT molecular complexity index is 578. The van der Waals surface area contributed by atoms with Gasteiger partial charge in [-0.05, 0) is 31.9 Å². The number of nitrogen functional groups attached to an aromatic ring is 1. The number of ether oxygens (including phenoxy) is 1. The summed E-state index contributed by atoms with van der Waals surface area (Å²) in [7, 11) is -3.82. The van der Waals surface area contributed by atoms with Gasteiger partial charge in [-0.1, -0.05) is 23.2 Å². The number of hydrogen-bond acceptors (Lipinski definition) is 4. The lowest BCUT2D eigenvalue weighted by atomic mass is 10.1. The number of anilines is 1. The third-order valence-electron chi connectivity index (χ3n) is 3.17. The van der Waals surface area contributed by atoms with E-state index in [9.17, 15) is 8.42 Å². The number of nitrogens with one attached hydrogen (secondary N) is 1. The highest BCUT2D eigenvalue weighted by Crippen LogP contribution is 2.31. The topological polar surface area (TPSA) is 81.4 Å². The van der Waals surface area contributed by atoms with Crippen molar-refractivity contribution in [2.75, 3.05) is 12.3 Å². The summed E-state index contributed by atoms with van der Waals surface area (Å²) in [5.74, 6) is 0. The molecule has 0 aliphatic carbocycles. The summed E-state index contributed by atoms with van der Waals surface area (Å²) >= 11 is 11.7. The summed E-state index contributed by atoms with van der Waals surface area (Å²) in [5, 5.41) is 0.292. The van der Waals surface area contributed by atoms with E-state index in [4.69, 9.17) is 33.7 Å². The molecule has 0 aromatic heterocycles. The molecule has 2 atom stereocenters. The van der Waals surface area contributed by atoms with E-state index in [1.807, 2.05) is 0 Å². The lowest BCUT2D eigenvalue weighted by molar-refractivity contribution is 0.0902. The van der Waals surface area contributed by atoms with Gasteiger partial charge in [-0.25, -0.2) is 13.1 Å². The second-order valence-electron chi connectivity index (χ2n) is 4.77. The van der Waals surface area contributed by atoms with Gasteiger partial charge in [0.2, 0.25) is 10.0 Å². The minimum atomic E-state index is -3.82. The molecule has 8 heteroatoms. The van der Waals surface area contributed by atoms with Gasteiger partial charge in [-0.2, -0.15) is 0 Å². The largest absolute Gasteiger partial charge is 0.398 e. The first-order valence-electron chi connectivity index (χ1n) is 6.19. The fraction of sp³-hybridized carbons (Fsp3) is 0.500. The van der Waals surface area contributed by atoms with Crippen molar-refractivity contribution in [1.29, 1.82) is 0 Å². The predicted molar refractivity (Wildman–Crippen MR) is 79.6 cm³/mol. The van der Waals surface area contributed by atoms with Crippen LogP contribution >= 0.6 is 23.2 Å². The molecule has 0 amide bonds. The highest BCUT2D eigenvalue weighted by Gasteiger charge is 2.29. The summed E-state index contributed by atoms with van der Waals surface area (Å²) < 4.78 is 32.8. The van der Waals surface area contributed by atoms with E-state index in [2.05, 4.69) is 4.72 Å². The third kappa shape index (κ3) is 3.38. The van der Waals surface area contributed by atoms with Gasteiger partial charge in [0.15, 0.2) is 0 Å². The summed E-state index contributed by atoms with van der Waals surface area (Å²) in [6.45, 7) is 2.41. The maximum atomic E-state index is 12.4. The zero-order valence-electron chi connectivity index (χ0n) is 10.9. The number of sulfonamides is 1. The first-order valence-corrected chi connectivity index (χ1v) is 8.43. The van der Waals surface area contributed by atoms with E-state index in [-0.39, 0.29) is 27.8 Å². The van der Waals surface area contributed by atoms with Crippen molar-refractivity contribution >= 4 is 38.9 Å². The molecule has 0 spiro atoms. The van der Waals surface area contributed by atoms with E-state index < -0.39 is 10.0 Å². The van der Waals surface area contributed by atoms with Crippen molar-refractivity contribution in [3.8, 4) is 0 Å². The fourth-order valence-corrected chi connectivity index (χ4v) is 4.50. The zero-order valence-corrected chi connectivity index (χ0v) is 13.2. The Morgan fingerprint density at radius 3 is 2.70 bits per heavy atom. The monoisotopic (exact) mass is 338 g/mol. The molecule has 0 saturated carbocycles. The van der Waals surface area contributed by atoms with Crippen LogP contribution in [-0.2, 0) is 14.8 Å². The molecule has 5 nitrogen and oxygen atoms in total. The second-order valence-corrected chi connectivity index (χ2v) is 7.26. The molecule has 3 N–H and O–H groups in total. The molecule has 1 fully saturated rings. The second kappa shape index (κ2) is 6.07. The predicted octanol–water partition coefficient (Wildman–Crippen LogP) is 2.42. The van der Waals surface area contributed by atoms with Crippen LogP contribution in [0.3, 0.4) is 0 Å². The Hall–Kier alpha value is -0.530. The lowest BCUT2D eigenvalue weighted by Gasteiger charge is -2.21. The van der Waals surface area contributed by atoms with E-state index in [0.29, 0.717) is 11.6 Å². The number of benzene rings is 1. The minimum absolute atomic E-state index is 0.00189. The van der Waals surface area contributed by atoms with Gasteiger partial charge < -0.3 is 10.5 Å². The average Bonchev–Trinajstić information content (AvgIpc) is 2.78. The Morgan fingerprint density at radius 2 is 2.15 bits per heavy atom. The standard InChI is InChI=1S/C12H16Cl2N2O3S/c1-7(11-3-2-4-19-11)16-20(17,18)12-9(14)5-8(13)6-10(12)15/h5-7,11,16H,2-4,15H2,1H3. The van der Waals surface area contributed by atoms with Crippen LogP contribution in [0, 0.1) is 0 Å². The Kier molecular flexibility index (Phi) is 4.81. The molecule has 0 radical (unpaired) electrons. The van der Waals surface area contributed by atoms with E-state index in [0.717, 1.165) is 12.8 Å². The summed E-state index contributed by atoms with van der Waals surface area (Å²) in [5.41, 5.74) is 5.74. The molecule has 1 saturated heterocycles. The van der Waals surface area contributed by atoms with Crippen molar-refractivity contribution < 1.29 is 13.2 Å². The Labute approximate surface area is 128 Å². The third-order valence-corrected chi connectivity index (χ3v) is 5.47. The zero-order chi connectivity index (χ0) is 14.9. The number of halogens is 2. The molecule has 1 heterocycles. The van der Waals surface area contributed by atoms with E-state index in [1.165, 1.54) is 12.1 Å². The van der Waals surface area contributed by atoms with Crippen LogP contribution in [0.25, 0.3) is 0 Å². The first-order chi connectivity index (χ1) is 9.31. The summed E-state index contributed by atoms with van der Waals surface area (Å²) in [6, 6.07) is 2.36. The molecule has 1 aliphatic heterocycles. The minimum Gasteiger partial charge on any atom is -0.398 e. The average molecular weight is 339 g/mol. The Morgan fingerprint density at radius 1 is 1.45 bits per heavy atom. The molecule has 20 heavy (non-hydrogen) atoms. The van der Waals surface area contributed by atoms with Gasteiger partial charge in [0, 0.05) is 17.7 Å². The van der Waals surface area contributed by atoms with Crippen molar-refractivity contribution in [2.24, 2.45) is 0 Å². The fourth-order valence-electron chi connectivity index (χ4n) is 2.24. The molecule has 1 aromatic carbocycles. The molecule has 0 bridgehead atoms. The normalized spacial score (nSPS) is 21.1. The molecule has 2 unspecified atom stereocenters. The van der Waals surface area contributed by atoms with Gasteiger partial charge in [-0.15, -0.1) is 0 Å². The molecular formula is C12H16Cl2N2O3S. The van der Waals surface area contributed by atoms with Crippen molar-refractivity contribution in [2.45, 2.75) is 36.8 Å². The van der Waals surface area contributed by atoms with Gasteiger partial charge in [-0.3, -0.25) is 0 Å². The van der Waals surface area contributed by atoms with Crippen LogP contribution < -0.4 is 10.5 Å². The molecule has 2 rings (SSSR count). The summed E-state index contributed by atoms with van der Waals surface area (Å²) in [6.07, 6.45) is 1.63. The quantitative estimate of drug-likeness (QED) is 0.826. The van der Waals surface area contributed by atoms with Crippen LogP contribution in [0.15, 0.2) is 17.0 Å². The first kappa shape index (κ1) is 15.9. The Balaban J connectivity index is 2.26. The lowest BCUT2D eigenvalue weighted by Crippen LogP contribution is -2.41. The highest BCUT2D eigenvalue weighted by atomic mass is 35.5. The maximum absolute atomic E-state index is 12.4. The van der Waals surface area contributed by atoms with Gasteiger partial charge in [0.05, 0.1) is 16.8 Å². The maximum Gasteiger partial charge on any atom is 0.244 e. The van der Waals surface area contributed by atoms with Crippen molar-refractivity contribution in [3.05, 3.63) is 22.2 Å². The van der Waals surface area contributed by atoms with E-state index in [1.54, 1.807) is 6.92 Å². The summed E-state index contributed by atoms with van der Waals surface area (Å²) in [4.78, 5) is -0.145. The van der Waals surface area contributed by atoms with Gasteiger partial charge in [0.25, 0.3) is 0 Å². The van der Waals surface area contributed by atoms with Crippen LogP contribution in [0.2, 0.25) is 10.0 Å². The van der Waals surface area contributed by atoms with Crippen LogP contribution in [0.1, 0.15) is 19.8 Å². The molecule has 1 aliphatic rings. The SMILES string of the molecule is CC(NS(=O)(=O)c1c(N)cc(Cl)cc1Cl)C1CCCO1. The number of nitrogens with two attached hydrogens (primary N) is 1. The number of hydrogen-bond donors (Lipinski definition) is 2. The van der Waals surface area contributed by atoms with Gasteiger partial charge >= 0.3 is 0 Å². The molecule has 112 valence electrons. The molecular weight excluding hydrogens is 323 g/mol. The van der Waals surface area contributed by atoms with Crippen molar-refractivity contribution in [1.82, 2.24) is 4.72 Å². The van der Waals surface area contributed by atoms with Crippen LogP contribution in [0.4, 0.5) is 5.69 Å². The van der Waals surface area contributed by atoms with Crippen LogP contribution in [-0.4, -0.2) is 27.2 Å². The number of rotatable bonds is 4. The smallest absolute Gasteiger partial charge is 0.244 e. The molecule has 1 aromatic rings. The highest BCUT2D eigenvalue weighted by molar-refractivity contribution is 7.89. The van der Waals surface area contributed by atoms with Crippen LogP contribution in [0.5, 0.6) is 0 Å². The van der Waals surface area contributed by atoms with Gasteiger partial charge in [0.1, 0.15) is 4.90 Å².